The van der Waals surface area contributed by atoms with Gasteiger partial charge in [-0.3, -0.25) is 4.79 Å². The molecule has 3 heteroatoms. The molecule has 3 aromatic rings. The second kappa shape index (κ2) is 8.62. The SMILES string of the molecule is O=C(NCCCO)C1(CCCc2ccccc2)c2ccccc2-c2ccccc21. The molecule has 0 radical (unpaired) electrons. The lowest BCUT2D eigenvalue weighted by Crippen LogP contribution is -2.44. The Bertz CT molecular complexity index is 935. The van der Waals surface area contributed by atoms with E-state index in [1.54, 1.807) is 0 Å². The molecule has 0 fully saturated rings. The van der Waals surface area contributed by atoms with Gasteiger partial charge in [0.25, 0.3) is 0 Å². The largest absolute Gasteiger partial charge is 0.396 e. The van der Waals surface area contributed by atoms with Gasteiger partial charge in [0.15, 0.2) is 0 Å². The molecule has 3 nitrogen and oxygen atoms in total. The van der Waals surface area contributed by atoms with Crippen molar-refractivity contribution in [3.8, 4) is 11.1 Å². The Morgan fingerprint density at radius 3 is 2.00 bits per heavy atom. The standard InChI is InChI=1S/C26H27NO2/c28-19-9-18-27-25(29)26(17-8-12-20-10-2-1-3-11-20)23-15-6-4-13-21(23)22-14-5-7-16-24(22)26/h1-7,10-11,13-16,28H,8-9,12,17-19H2,(H,27,29). The molecule has 2 N–H and O–H groups in total. The third kappa shape index (κ3) is 3.58. The van der Waals surface area contributed by atoms with E-state index in [2.05, 4.69) is 53.8 Å². The summed E-state index contributed by atoms with van der Waals surface area (Å²) in [7, 11) is 0. The summed E-state index contributed by atoms with van der Waals surface area (Å²) < 4.78 is 0. The summed E-state index contributed by atoms with van der Waals surface area (Å²) in [6.07, 6.45) is 3.17. The molecule has 0 saturated heterocycles. The van der Waals surface area contributed by atoms with Gasteiger partial charge in [0.2, 0.25) is 5.91 Å². The molecule has 1 aliphatic rings. The number of hydrogen-bond acceptors (Lipinski definition) is 2. The minimum Gasteiger partial charge on any atom is -0.396 e. The van der Waals surface area contributed by atoms with Crippen molar-refractivity contribution in [1.82, 2.24) is 5.32 Å². The van der Waals surface area contributed by atoms with E-state index in [0.29, 0.717) is 13.0 Å². The smallest absolute Gasteiger partial charge is 0.235 e. The highest BCUT2D eigenvalue weighted by Gasteiger charge is 2.48. The van der Waals surface area contributed by atoms with Crippen LogP contribution in [0.3, 0.4) is 0 Å². The fourth-order valence-corrected chi connectivity index (χ4v) is 4.59. The van der Waals surface area contributed by atoms with E-state index >= 15 is 0 Å². The first-order chi connectivity index (χ1) is 14.3. The van der Waals surface area contributed by atoms with Crippen molar-refractivity contribution in [2.45, 2.75) is 31.1 Å². The van der Waals surface area contributed by atoms with Crippen LogP contribution in [0.15, 0.2) is 78.9 Å². The topological polar surface area (TPSA) is 49.3 Å². The zero-order valence-corrected chi connectivity index (χ0v) is 16.6. The monoisotopic (exact) mass is 385 g/mol. The molecule has 4 rings (SSSR count). The average Bonchev–Trinajstić information content (AvgIpc) is 3.06. The summed E-state index contributed by atoms with van der Waals surface area (Å²) in [5.41, 5.74) is 5.10. The quantitative estimate of drug-likeness (QED) is 0.562. The van der Waals surface area contributed by atoms with Crippen LogP contribution in [-0.4, -0.2) is 24.2 Å². The van der Waals surface area contributed by atoms with E-state index in [9.17, 15) is 4.79 Å². The number of nitrogens with one attached hydrogen (secondary N) is 1. The Hall–Kier alpha value is -2.91. The summed E-state index contributed by atoms with van der Waals surface area (Å²) in [6, 6.07) is 27.0. The molecule has 0 saturated carbocycles. The van der Waals surface area contributed by atoms with Gasteiger partial charge in [0, 0.05) is 13.2 Å². The minimum atomic E-state index is -0.683. The van der Waals surface area contributed by atoms with E-state index in [0.717, 1.165) is 41.5 Å². The molecule has 148 valence electrons. The Morgan fingerprint density at radius 1 is 0.793 bits per heavy atom. The number of aliphatic hydroxyl groups excluding tert-OH is 1. The fourth-order valence-electron chi connectivity index (χ4n) is 4.59. The molecule has 1 amide bonds. The van der Waals surface area contributed by atoms with E-state index < -0.39 is 5.41 Å². The van der Waals surface area contributed by atoms with Gasteiger partial charge in [-0.15, -0.1) is 0 Å². The molecule has 0 heterocycles. The molecule has 29 heavy (non-hydrogen) atoms. The Morgan fingerprint density at radius 2 is 1.38 bits per heavy atom. The van der Waals surface area contributed by atoms with Crippen LogP contribution in [-0.2, 0) is 16.6 Å². The lowest BCUT2D eigenvalue weighted by Gasteiger charge is -2.31. The van der Waals surface area contributed by atoms with Crippen LogP contribution >= 0.6 is 0 Å². The summed E-state index contributed by atoms with van der Waals surface area (Å²) in [5, 5.41) is 12.2. The molecule has 3 aromatic carbocycles. The molecule has 0 spiro atoms. The van der Waals surface area contributed by atoms with Gasteiger partial charge in [0.05, 0.1) is 0 Å². The zero-order chi connectivity index (χ0) is 20.1. The van der Waals surface area contributed by atoms with E-state index in [4.69, 9.17) is 5.11 Å². The first-order valence-corrected chi connectivity index (χ1v) is 10.4. The van der Waals surface area contributed by atoms with Crippen molar-refractivity contribution in [3.63, 3.8) is 0 Å². The Kier molecular flexibility index (Phi) is 5.77. The maximum atomic E-state index is 13.6. The Balaban J connectivity index is 1.71. The van der Waals surface area contributed by atoms with Crippen molar-refractivity contribution in [1.29, 1.82) is 0 Å². The van der Waals surface area contributed by atoms with Gasteiger partial charge in [-0.1, -0.05) is 78.9 Å². The van der Waals surface area contributed by atoms with Gasteiger partial charge >= 0.3 is 0 Å². The zero-order valence-electron chi connectivity index (χ0n) is 16.6. The van der Waals surface area contributed by atoms with Crippen LogP contribution in [0, 0.1) is 0 Å². The van der Waals surface area contributed by atoms with Gasteiger partial charge in [0.1, 0.15) is 5.41 Å². The number of fused-ring (bicyclic) bond motifs is 3. The highest BCUT2D eigenvalue weighted by Crippen LogP contribution is 2.51. The van der Waals surface area contributed by atoms with E-state index in [1.165, 1.54) is 5.56 Å². The molecule has 0 aliphatic heterocycles. The minimum absolute atomic E-state index is 0.0383. The lowest BCUT2D eigenvalue weighted by molar-refractivity contribution is -0.125. The molecule has 0 unspecified atom stereocenters. The predicted molar refractivity (Wildman–Crippen MR) is 117 cm³/mol. The van der Waals surface area contributed by atoms with E-state index in [1.807, 2.05) is 30.3 Å². The summed E-state index contributed by atoms with van der Waals surface area (Å²) >= 11 is 0. The molecular weight excluding hydrogens is 358 g/mol. The number of rotatable bonds is 8. The number of carbonyl (C=O) groups excluding carboxylic acids is 1. The van der Waals surface area contributed by atoms with Crippen LogP contribution in [0.2, 0.25) is 0 Å². The van der Waals surface area contributed by atoms with Crippen molar-refractivity contribution < 1.29 is 9.90 Å². The molecule has 0 aromatic heterocycles. The van der Waals surface area contributed by atoms with Crippen molar-refractivity contribution in [2.75, 3.05) is 13.2 Å². The van der Waals surface area contributed by atoms with Crippen molar-refractivity contribution >= 4 is 5.91 Å². The third-order valence-corrected chi connectivity index (χ3v) is 5.93. The summed E-state index contributed by atoms with van der Waals surface area (Å²) in [4.78, 5) is 13.6. The number of carbonyl (C=O) groups is 1. The number of benzene rings is 3. The van der Waals surface area contributed by atoms with Crippen LogP contribution in [0.25, 0.3) is 11.1 Å². The van der Waals surface area contributed by atoms with Crippen molar-refractivity contribution in [2.24, 2.45) is 0 Å². The number of amides is 1. The van der Waals surface area contributed by atoms with Crippen LogP contribution < -0.4 is 5.32 Å². The predicted octanol–water partition coefficient (Wildman–Crippen LogP) is 4.47. The van der Waals surface area contributed by atoms with Crippen molar-refractivity contribution in [3.05, 3.63) is 95.6 Å². The van der Waals surface area contributed by atoms with Gasteiger partial charge in [-0.25, -0.2) is 0 Å². The lowest BCUT2D eigenvalue weighted by atomic mass is 9.73. The molecule has 0 bridgehead atoms. The van der Waals surface area contributed by atoms with Crippen LogP contribution in [0.1, 0.15) is 36.0 Å². The highest BCUT2D eigenvalue weighted by atomic mass is 16.3. The normalized spacial score (nSPS) is 13.6. The second-order valence-electron chi connectivity index (χ2n) is 7.67. The van der Waals surface area contributed by atoms with E-state index in [-0.39, 0.29) is 12.5 Å². The number of hydrogen-bond donors (Lipinski definition) is 2. The Labute approximate surface area is 172 Å². The number of aliphatic hydroxyl groups is 1. The molecular formula is C26H27NO2. The third-order valence-electron chi connectivity index (χ3n) is 5.93. The maximum absolute atomic E-state index is 13.6. The van der Waals surface area contributed by atoms with Crippen LogP contribution in [0.5, 0.6) is 0 Å². The second-order valence-corrected chi connectivity index (χ2v) is 7.67. The van der Waals surface area contributed by atoms with Gasteiger partial charge < -0.3 is 10.4 Å². The number of aryl methyl sites for hydroxylation is 1. The summed E-state index contributed by atoms with van der Waals surface area (Å²) in [5.74, 6) is 0.0383. The first kappa shape index (κ1) is 19.4. The van der Waals surface area contributed by atoms with Gasteiger partial charge in [-0.05, 0) is 53.5 Å². The average molecular weight is 386 g/mol. The molecule has 0 atom stereocenters. The maximum Gasteiger partial charge on any atom is 0.235 e. The molecule has 1 aliphatic carbocycles. The van der Waals surface area contributed by atoms with Crippen LogP contribution in [0.4, 0.5) is 0 Å². The highest BCUT2D eigenvalue weighted by molar-refractivity contribution is 6.00. The fraction of sp³-hybridized carbons (Fsp3) is 0.269. The summed E-state index contributed by atoms with van der Waals surface area (Å²) in [6.45, 7) is 0.564. The van der Waals surface area contributed by atoms with Gasteiger partial charge in [-0.2, -0.15) is 0 Å². The first-order valence-electron chi connectivity index (χ1n) is 10.4.